The van der Waals surface area contributed by atoms with Gasteiger partial charge in [-0.2, -0.15) is 0 Å². The van der Waals surface area contributed by atoms with Crippen LogP contribution in [0.5, 0.6) is 5.75 Å². The Hall–Kier alpha value is -3.97. The molecule has 3 aromatic rings. The van der Waals surface area contributed by atoms with Crippen LogP contribution < -0.4 is 9.64 Å². The average molecular weight is 491 g/mol. The Morgan fingerprint density at radius 2 is 1.60 bits per heavy atom. The van der Waals surface area contributed by atoms with Gasteiger partial charge in [0, 0.05) is 18.5 Å². The number of carbonyl (C=O) groups excluding carboxylic acids is 4. The fourth-order valence-electron chi connectivity index (χ4n) is 3.99. The Bertz CT molecular complexity index is 1240. The molecular weight excluding hydrogens is 468 g/mol. The summed E-state index contributed by atoms with van der Waals surface area (Å²) in [5, 5.41) is 0.564. The van der Waals surface area contributed by atoms with Gasteiger partial charge in [-0.15, -0.1) is 0 Å². The molecule has 178 valence electrons. The lowest BCUT2D eigenvalue weighted by atomic mass is 10.1. The van der Waals surface area contributed by atoms with E-state index in [9.17, 15) is 19.2 Å². The minimum absolute atomic E-state index is 0.0685. The predicted octanol–water partition coefficient (Wildman–Crippen LogP) is 4.17. The van der Waals surface area contributed by atoms with Crippen LogP contribution in [0.2, 0.25) is 5.02 Å². The number of benzene rings is 3. The lowest BCUT2D eigenvalue weighted by molar-refractivity contribution is -0.138. The van der Waals surface area contributed by atoms with Gasteiger partial charge in [0.2, 0.25) is 11.8 Å². The number of rotatable bonds is 7. The van der Waals surface area contributed by atoms with E-state index in [1.165, 1.54) is 36.1 Å². The normalized spacial score (nSPS) is 15.3. The van der Waals surface area contributed by atoms with Crippen LogP contribution in [0.15, 0.2) is 78.9 Å². The van der Waals surface area contributed by atoms with Crippen LogP contribution in [0.3, 0.4) is 0 Å². The van der Waals surface area contributed by atoms with Crippen molar-refractivity contribution in [1.29, 1.82) is 0 Å². The van der Waals surface area contributed by atoms with E-state index in [0.717, 1.165) is 16.0 Å². The van der Waals surface area contributed by atoms with Gasteiger partial charge in [0.25, 0.3) is 5.91 Å². The third-order valence-electron chi connectivity index (χ3n) is 5.64. The van der Waals surface area contributed by atoms with Crippen LogP contribution in [0.1, 0.15) is 24.5 Å². The first-order valence-corrected chi connectivity index (χ1v) is 11.4. The molecule has 1 atom stereocenters. The van der Waals surface area contributed by atoms with Crippen LogP contribution in [0.4, 0.5) is 5.69 Å². The van der Waals surface area contributed by atoms with E-state index >= 15 is 0 Å². The monoisotopic (exact) mass is 490 g/mol. The van der Waals surface area contributed by atoms with Crippen molar-refractivity contribution in [2.45, 2.75) is 32.4 Å². The second-order valence-electron chi connectivity index (χ2n) is 8.19. The summed E-state index contributed by atoms with van der Waals surface area (Å²) in [5.74, 6) is -1.31. The molecule has 0 aromatic heterocycles. The van der Waals surface area contributed by atoms with Crippen LogP contribution in [0.25, 0.3) is 0 Å². The van der Waals surface area contributed by atoms with Gasteiger partial charge >= 0.3 is 5.97 Å². The third-order valence-corrected chi connectivity index (χ3v) is 5.89. The minimum Gasteiger partial charge on any atom is -0.427 e. The maximum absolute atomic E-state index is 13.4. The fourth-order valence-corrected chi connectivity index (χ4v) is 4.12. The second-order valence-corrected chi connectivity index (χ2v) is 8.62. The number of esters is 1. The number of halogens is 1. The molecule has 1 fully saturated rings. The van der Waals surface area contributed by atoms with Crippen molar-refractivity contribution in [1.82, 2.24) is 4.90 Å². The van der Waals surface area contributed by atoms with Gasteiger partial charge in [-0.25, -0.2) is 4.90 Å². The van der Waals surface area contributed by atoms with Gasteiger partial charge in [0.05, 0.1) is 18.5 Å². The number of hydrogen-bond acceptors (Lipinski definition) is 5. The Kier molecular flexibility index (Phi) is 7.27. The van der Waals surface area contributed by atoms with E-state index in [1.807, 2.05) is 30.3 Å². The molecule has 0 radical (unpaired) electrons. The van der Waals surface area contributed by atoms with Crippen LogP contribution >= 0.6 is 11.6 Å². The summed E-state index contributed by atoms with van der Waals surface area (Å²) >= 11 is 5.96. The van der Waals surface area contributed by atoms with Gasteiger partial charge in [-0.1, -0.05) is 54.1 Å². The standard InChI is InChI=1S/C27H23ClN2O5/c1-18(31)35-23-13-11-22(12-14-23)30-26(33)16-24(27(30)34)29(17-20-5-3-2-4-6-20)25(32)15-19-7-9-21(28)10-8-19/h2-14,24H,15-17H2,1H3. The molecule has 1 unspecified atom stereocenters. The maximum atomic E-state index is 13.4. The highest BCUT2D eigenvalue weighted by atomic mass is 35.5. The molecule has 1 saturated heterocycles. The van der Waals surface area contributed by atoms with Gasteiger partial charge in [-0.3, -0.25) is 19.2 Å². The highest BCUT2D eigenvalue weighted by Crippen LogP contribution is 2.29. The number of imide groups is 1. The molecule has 3 amide bonds. The van der Waals surface area contributed by atoms with E-state index in [-0.39, 0.29) is 25.3 Å². The summed E-state index contributed by atoms with van der Waals surface area (Å²) in [7, 11) is 0. The first kappa shape index (κ1) is 24.2. The number of carbonyl (C=O) groups is 4. The minimum atomic E-state index is -0.935. The van der Waals surface area contributed by atoms with Gasteiger partial charge in [0.15, 0.2) is 0 Å². The maximum Gasteiger partial charge on any atom is 0.308 e. The molecule has 35 heavy (non-hydrogen) atoms. The summed E-state index contributed by atoms with van der Waals surface area (Å²) < 4.78 is 5.02. The zero-order valence-electron chi connectivity index (χ0n) is 19.0. The first-order chi connectivity index (χ1) is 16.8. The van der Waals surface area contributed by atoms with Crippen molar-refractivity contribution in [3.05, 3.63) is 95.0 Å². The van der Waals surface area contributed by atoms with Crippen LogP contribution in [-0.4, -0.2) is 34.6 Å². The summed E-state index contributed by atoms with van der Waals surface area (Å²) in [6.45, 7) is 1.48. The van der Waals surface area contributed by atoms with Gasteiger partial charge < -0.3 is 9.64 Å². The molecular formula is C27H23ClN2O5. The van der Waals surface area contributed by atoms with E-state index in [0.29, 0.717) is 16.5 Å². The van der Waals surface area contributed by atoms with E-state index in [4.69, 9.17) is 16.3 Å². The topological polar surface area (TPSA) is 84.0 Å². The SMILES string of the molecule is CC(=O)Oc1ccc(N2C(=O)CC(N(Cc3ccccc3)C(=O)Cc3ccc(Cl)cc3)C2=O)cc1. The molecule has 4 rings (SSSR count). The molecule has 0 spiro atoms. The Morgan fingerprint density at radius 3 is 2.23 bits per heavy atom. The van der Waals surface area contributed by atoms with Crippen LogP contribution in [-0.2, 0) is 32.1 Å². The van der Waals surface area contributed by atoms with Crippen molar-refractivity contribution < 1.29 is 23.9 Å². The lowest BCUT2D eigenvalue weighted by Gasteiger charge is -2.28. The Labute approximate surface area is 207 Å². The van der Waals surface area contributed by atoms with Crippen LogP contribution in [0, 0.1) is 0 Å². The second kappa shape index (κ2) is 10.5. The number of amides is 3. The molecule has 0 bridgehead atoms. The van der Waals surface area contributed by atoms with Crippen molar-refractivity contribution >= 4 is 41.0 Å². The van der Waals surface area contributed by atoms with Gasteiger partial charge in [-0.05, 0) is 47.5 Å². The third kappa shape index (κ3) is 5.75. The average Bonchev–Trinajstić information content (AvgIpc) is 3.13. The molecule has 1 heterocycles. The van der Waals surface area contributed by atoms with E-state index in [2.05, 4.69) is 0 Å². The summed E-state index contributed by atoms with van der Waals surface area (Å²) in [5.41, 5.74) is 1.96. The predicted molar refractivity (Wildman–Crippen MR) is 131 cm³/mol. The molecule has 0 aliphatic carbocycles. The van der Waals surface area contributed by atoms with E-state index < -0.39 is 23.8 Å². The molecule has 1 aliphatic heterocycles. The smallest absolute Gasteiger partial charge is 0.308 e. The summed E-state index contributed by atoms with van der Waals surface area (Å²) in [4.78, 5) is 53.4. The largest absolute Gasteiger partial charge is 0.427 e. The number of hydrogen-bond donors (Lipinski definition) is 0. The molecule has 8 heteroatoms. The fraction of sp³-hybridized carbons (Fsp3) is 0.185. The van der Waals surface area contributed by atoms with Gasteiger partial charge in [0.1, 0.15) is 11.8 Å². The highest BCUT2D eigenvalue weighted by molar-refractivity contribution is 6.30. The van der Waals surface area contributed by atoms with Crippen molar-refractivity contribution in [3.63, 3.8) is 0 Å². The molecule has 0 N–H and O–H groups in total. The highest BCUT2D eigenvalue weighted by Gasteiger charge is 2.44. The molecule has 1 aliphatic rings. The number of anilines is 1. The summed E-state index contributed by atoms with van der Waals surface area (Å²) in [6, 6.07) is 21.4. The Morgan fingerprint density at radius 1 is 0.943 bits per heavy atom. The lowest BCUT2D eigenvalue weighted by Crippen LogP contribution is -2.45. The summed E-state index contributed by atoms with van der Waals surface area (Å²) in [6.07, 6.45) is -0.0528. The quantitative estimate of drug-likeness (QED) is 0.282. The van der Waals surface area contributed by atoms with Crippen molar-refractivity contribution in [2.75, 3.05) is 4.90 Å². The molecule has 7 nitrogen and oxygen atoms in total. The first-order valence-electron chi connectivity index (χ1n) is 11.0. The molecule has 0 saturated carbocycles. The Balaban J connectivity index is 1.59. The number of ether oxygens (including phenoxy) is 1. The van der Waals surface area contributed by atoms with Crippen molar-refractivity contribution in [3.8, 4) is 5.75 Å². The zero-order chi connectivity index (χ0) is 24.9. The zero-order valence-corrected chi connectivity index (χ0v) is 19.8. The van der Waals surface area contributed by atoms with Crippen molar-refractivity contribution in [2.24, 2.45) is 0 Å². The number of nitrogens with zero attached hydrogens (tertiary/aromatic N) is 2. The molecule has 3 aromatic carbocycles. The van der Waals surface area contributed by atoms with E-state index in [1.54, 1.807) is 24.3 Å².